The van der Waals surface area contributed by atoms with E-state index in [1.54, 1.807) is 6.07 Å². The molecule has 0 spiro atoms. The third-order valence-electron chi connectivity index (χ3n) is 5.17. The molecule has 1 aromatic heterocycles. The van der Waals surface area contributed by atoms with Crippen LogP contribution in [0.25, 0.3) is 16.7 Å². The summed E-state index contributed by atoms with van der Waals surface area (Å²) in [6, 6.07) is 8.83. The molecular weight excluding hydrogens is 353 g/mol. The Labute approximate surface area is 164 Å². The van der Waals surface area contributed by atoms with E-state index >= 15 is 0 Å². The van der Waals surface area contributed by atoms with E-state index < -0.39 is 0 Å². The fourth-order valence-corrected chi connectivity index (χ4v) is 3.76. The Kier molecular flexibility index (Phi) is 4.99. The molecule has 2 aromatic rings. The number of hydrogen-bond acceptors (Lipinski definition) is 2. The van der Waals surface area contributed by atoms with E-state index in [1.165, 1.54) is 23.3 Å². The number of rotatable bonds is 3. The number of pyridine rings is 1. The second-order valence-corrected chi connectivity index (χ2v) is 7.58. The first-order valence-electron chi connectivity index (χ1n) is 9.71. The maximum absolute atomic E-state index is 13.6. The molecule has 1 aliphatic heterocycles. The lowest BCUT2D eigenvalue weighted by atomic mass is 9.94. The van der Waals surface area contributed by atoms with Gasteiger partial charge in [0, 0.05) is 42.9 Å². The smallest absolute Gasteiger partial charge is 0.317 e. The van der Waals surface area contributed by atoms with Crippen LogP contribution in [0.4, 0.5) is 9.18 Å². The molecule has 1 N–H and O–H groups in total. The zero-order chi connectivity index (χ0) is 19.7. The Morgan fingerprint density at radius 3 is 2.79 bits per heavy atom. The molecule has 2 aliphatic rings. The number of urea groups is 1. The molecule has 0 fully saturated rings. The van der Waals surface area contributed by atoms with Gasteiger partial charge >= 0.3 is 6.03 Å². The van der Waals surface area contributed by atoms with Crippen molar-refractivity contribution in [3.8, 4) is 11.1 Å². The van der Waals surface area contributed by atoms with Crippen LogP contribution in [0.15, 0.2) is 54.3 Å². The van der Waals surface area contributed by atoms with Crippen LogP contribution in [0.2, 0.25) is 0 Å². The fraction of sp³-hybridized carbons (Fsp3) is 0.304. The Morgan fingerprint density at radius 2 is 2.07 bits per heavy atom. The van der Waals surface area contributed by atoms with E-state index in [0.29, 0.717) is 13.1 Å². The molecule has 0 atom stereocenters. The molecule has 2 heterocycles. The van der Waals surface area contributed by atoms with Gasteiger partial charge in [-0.05, 0) is 55.2 Å². The average molecular weight is 377 g/mol. The maximum atomic E-state index is 13.6. The fourth-order valence-electron chi connectivity index (χ4n) is 3.76. The van der Waals surface area contributed by atoms with Crippen molar-refractivity contribution < 1.29 is 9.18 Å². The van der Waals surface area contributed by atoms with Crippen LogP contribution in [0.3, 0.4) is 0 Å². The van der Waals surface area contributed by atoms with Crippen molar-refractivity contribution >= 4 is 11.6 Å². The van der Waals surface area contributed by atoms with Crippen molar-refractivity contribution in [2.24, 2.45) is 0 Å². The van der Waals surface area contributed by atoms with Crippen LogP contribution in [0.1, 0.15) is 31.5 Å². The highest BCUT2D eigenvalue weighted by atomic mass is 19.1. The van der Waals surface area contributed by atoms with Gasteiger partial charge in [0.25, 0.3) is 0 Å². The monoisotopic (exact) mass is 377 g/mol. The van der Waals surface area contributed by atoms with E-state index in [0.717, 1.165) is 35.2 Å². The number of fused-ring (bicyclic) bond motifs is 1. The standard InChI is InChI=1S/C23H24FN3O/c1-15(2)26-23(28)27-10-8-16(9-11-27)20-6-7-22-21(20)13-18(14-25-22)17-4-3-5-19(24)12-17/h3-6,8,12-15H,7,9-11H2,1-2H3,(H,26,28). The molecule has 4 rings (SSSR count). The Balaban J connectivity index is 1.56. The molecule has 5 heteroatoms. The summed E-state index contributed by atoms with van der Waals surface area (Å²) >= 11 is 0. The average Bonchev–Trinajstić information content (AvgIpc) is 3.11. The number of nitrogens with one attached hydrogen (secondary N) is 1. The van der Waals surface area contributed by atoms with Crippen LogP contribution >= 0.6 is 0 Å². The van der Waals surface area contributed by atoms with Gasteiger partial charge in [-0.1, -0.05) is 24.3 Å². The summed E-state index contributed by atoms with van der Waals surface area (Å²) in [4.78, 5) is 18.6. The Hall–Kier alpha value is -2.95. The summed E-state index contributed by atoms with van der Waals surface area (Å²) in [5.74, 6) is -0.247. The van der Waals surface area contributed by atoms with E-state index in [-0.39, 0.29) is 17.9 Å². The van der Waals surface area contributed by atoms with Gasteiger partial charge in [0.2, 0.25) is 0 Å². The third kappa shape index (κ3) is 3.70. The number of allylic oxidation sites excluding steroid dienone is 2. The summed E-state index contributed by atoms with van der Waals surface area (Å²) in [5.41, 5.74) is 6.37. The second-order valence-electron chi connectivity index (χ2n) is 7.58. The first kappa shape index (κ1) is 18.4. The number of amides is 2. The van der Waals surface area contributed by atoms with Crippen molar-refractivity contribution in [2.75, 3.05) is 13.1 Å². The summed E-state index contributed by atoms with van der Waals surface area (Å²) < 4.78 is 13.6. The van der Waals surface area contributed by atoms with Crippen LogP contribution < -0.4 is 5.32 Å². The zero-order valence-corrected chi connectivity index (χ0v) is 16.2. The van der Waals surface area contributed by atoms with E-state index in [2.05, 4.69) is 28.5 Å². The minimum atomic E-state index is -0.247. The molecule has 0 bridgehead atoms. The van der Waals surface area contributed by atoms with E-state index in [1.807, 2.05) is 31.0 Å². The molecule has 1 aromatic carbocycles. The largest absolute Gasteiger partial charge is 0.336 e. The van der Waals surface area contributed by atoms with Gasteiger partial charge < -0.3 is 10.2 Å². The lowest BCUT2D eigenvalue weighted by Gasteiger charge is -2.28. The highest BCUT2D eigenvalue weighted by Crippen LogP contribution is 2.36. The summed E-state index contributed by atoms with van der Waals surface area (Å²) in [6.07, 6.45) is 7.80. The predicted octanol–water partition coefficient (Wildman–Crippen LogP) is 4.58. The number of carbonyl (C=O) groups is 1. The van der Waals surface area contributed by atoms with Crippen molar-refractivity contribution in [1.29, 1.82) is 0 Å². The van der Waals surface area contributed by atoms with Crippen LogP contribution in [-0.2, 0) is 6.42 Å². The van der Waals surface area contributed by atoms with E-state index in [4.69, 9.17) is 0 Å². The molecule has 0 radical (unpaired) electrons. The molecule has 28 heavy (non-hydrogen) atoms. The number of carbonyl (C=O) groups excluding carboxylic acids is 1. The van der Waals surface area contributed by atoms with Crippen LogP contribution in [0.5, 0.6) is 0 Å². The molecule has 0 unspecified atom stereocenters. The first-order chi connectivity index (χ1) is 13.5. The topological polar surface area (TPSA) is 45.2 Å². The molecule has 144 valence electrons. The predicted molar refractivity (Wildman–Crippen MR) is 109 cm³/mol. The van der Waals surface area contributed by atoms with Gasteiger partial charge in [-0.15, -0.1) is 0 Å². The quantitative estimate of drug-likeness (QED) is 0.851. The summed E-state index contributed by atoms with van der Waals surface area (Å²) in [7, 11) is 0. The molecular formula is C23H24FN3O. The minimum Gasteiger partial charge on any atom is -0.336 e. The molecule has 1 aliphatic carbocycles. The van der Waals surface area contributed by atoms with Gasteiger partial charge in [0.1, 0.15) is 5.82 Å². The third-order valence-corrected chi connectivity index (χ3v) is 5.17. The van der Waals surface area contributed by atoms with Crippen molar-refractivity contribution in [3.05, 3.63) is 71.3 Å². The van der Waals surface area contributed by atoms with E-state index in [9.17, 15) is 9.18 Å². The van der Waals surface area contributed by atoms with Gasteiger partial charge in [-0.25, -0.2) is 9.18 Å². The molecule has 2 amide bonds. The normalized spacial score (nSPS) is 15.9. The summed E-state index contributed by atoms with van der Waals surface area (Å²) in [5, 5.41) is 2.95. The second kappa shape index (κ2) is 7.58. The summed E-state index contributed by atoms with van der Waals surface area (Å²) in [6.45, 7) is 5.24. The van der Waals surface area contributed by atoms with Gasteiger partial charge in [0.15, 0.2) is 0 Å². The number of halogens is 1. The van der Waals surface area contributed by atoms with Gasteiger partial charge in [-0.2, -0.15) is 0 Å². The SMILES string of the molecule is CC(C)NC(=O)N1CC=C(C2=CCc3ncc(-c4cccc(F)c4)cc32)CC1. The highest BCUT2D eigenvalue weighted by Gasteiger charge is 2.24. The maximum Gasteiger partial charge on any atom is 0.317 e. The van der Waals surface area contributed by atoms with Gasteiger partial charge in [-0.3, -0.25) is 4.98 Å². The lowest BCUT2D eigenvalue weighted by molar-refractivity contribution is 0.199. The lowest BCUT2D eigenvalue weighted by Crippen LogP contribution is -2.44. The van der Waals surface area contributed by atoms with Crippen molar-refractivity contribution in [3.63, 3.8) is 0 Å². The van der Waals surface area contributed by atoms with Crippen LogP contribution in [-0.4, -0.2) is 35.0 Å². The van der Waals surface area contributed by atoms with Crippen molar-refractivity contribution in [1.82, 2.24) is 15.2 Å². The Morgan fingerprint density at radius 1 is 1.21 bits per heavy atom. The molecule has 4 nitrogen and oxygen atoms in total. The minimum absolute atomic E-state index is 0.0128. The number of hydrogen-bond donors (Lipinski definition) is 1. The van der Waals surface area contributed by atoms with Crippen molar-refractivity contribution in [2.45, 2.75) is 32.7 Å². The number of aromatic nitrogens is 1. The molecule has 0 saturated carbocycles. The molecule has 0 saturated heterocycles. The highest BCUT2D eigenvalue weighted by molar-refractivity contribution is 5.86. The van der Waals surface area contributed by atoms with Crippen LogP contribution in [0, 0.1) is 5.82 Å². The van der Waals surface area contributed by atoms with Gasteiger partial charge in [0.05, 0.1) is 5.69 Å². The zero-order valence-electron chi connectivity index (χ0n) is 16.2. The number of nitrogens with zero attached hydrogens (tertiary/aromatic N) is 2. The Bertz CT molecular complexity index is 978. The first-order valence-corrected chi connectivity index (χ1v) is 9.71. The number of benzene rings is 1.